The first kappa shape index (κ1) is 39.3. The monoisotopic (exact) mass is 757 g/mol. The number of aromatic nitrogens is 3. The summed E-state index contributed by atoms with van der Waals surface area (Å²) in [6.07, 6.45) is -17.1. The van der Waals surface area contributed by atoms with E-state index < -0.39 is 98.4 Å². The third-order valence-corrected chi connectivity index (χ3v) is 9.92. The Hall–Kier alpha value is -4.41. The van der Waals surface area contributed by atoms with Crippen molar-refractivity contribution in [3.8, 4) is 22.5 Å². The molecule has 3 aromatic rings. The Labute approximate surface area is 307 Å². The zero-order valence-electron chi connectivity index (χ0n) is 29.2. The first-order valence-electron chi connectivity index (χ1n) is 17.3. The number of nitrogens with one attached hydrogen (secondary N) is 1. The smallest absolute Gasteiger partial charge is 0.364 e. The number of carboxylic acid groups (broad SMARTS) is 1. The van der Waals surface area contributed by atoms with Crippen molar-refractivity contribution in [1.82, 2.24) is 20.3 Å². The molecule has 2 amide bonds. The van der Waals surface area contributed by atoms with E-state index >= 15 is 0 Å². The largest absolute Gasteiger partial charge is 0.477 e. The lowest BCUT2D eigenvalue weighted by atomic mass is 9.88. The number of rotatable bonds is 10. The number of aliphatic carboxylic acids is 1. The van der Waals surface area contributed by atoms with Crippen LogP contribution in [0.2, 0.25) is 0 Å². The van der Waals surface area contributed by atoms with Gasteiger partial charge in [0.25, 0.3) is 5.79 Å². The van der Waals surface area contributed by atoms with Gasteiger partial charge in [0.2, 0.25) is 11.8 Å². The van der Waals surface area contributed by atoms with E-state index in [4.69, 9.17) is 14.2 Å². The molecule has 1 aromatic heterocycles. The Kier molecular flexibility index (Phi) is 11.5. The molecule has 292 valence electrons. The topological polar surface area (TPSA) is 287 Å². The molecular formula is C35H43N5O14. The van der Waals surface area contributed by atoms with Crippen LogP contribution >= 0.6 is 0 Å². The summed E-state index contributed by atoms with van der Waals surface area (Å²) in [5, 5.41) is 96.0. The number of hydrogen-bond acceptors (Lipinski definition) is 15. The molecule has 54 heavy (non-hydrogen) atoms. The number of carbonyl (C=O) groups is 3. The van der Waals surface area contributed by atoms with Gasteiger partial charge in [0.15, 0.2) is 6.29 Å². The SMILES string of the molecule is CCC(=O)N1Cc2ccccc2-c2c(nnn2CC(O)C(O)C2OC(OCC3OC(O)C(O)C(O)C3O)(C(=O)O)CC(O)C2NC(C)=O)-c2ccccc21. The molecule has 0 aliphatic carbocycles. The molecule has 4 heterocycles. The van der Waals surface area contributed by atoms with Crippen LogP contribution in [0, 0.1) is 0 Å². The number of aliphatic hydroxyl groups excluding tert-OH is 7. The molecular weight excluding hydrogens is 714 g/mol. The second-order valence-electron chi connectivity index (χ2n) is 13.5. The summed E-state index contributed by atoms with van der Waals surface area (Å²) in [5.74, 6) is -5.37. The maximum atomic E-state index is 13.1. The minimum absolute atomic E-state index is 0.118. The predicted octanol–water partition coefficient (Wildman–Crippen LogP) is -2.16. The van der Waals surface area contributed by atoms with Gasteiger partial charge < -0.3 is 65.3 Å². The van der Waals surface area contributed by atoms with Gasteiger partial charge in [-0.05, 0) is 11.6 Å². The molecule has 0 bridgehead atoms. The molecule has 9 N–H and O–H groups in total. The maximum absolute atomic E-state index is 13.1. The van der Waals surface area contributed by atoms with Crippen molar-refractivity contribution in [3.05, 3.63) is 54.1 Å². The average Bonchev–Trinajstić information content (AvgIpc) is 3.55. The minimum Gasteiger partial charge on any atom is -0.477 e. The number of carbonyl (C=O) groups excluding carboxylic acids is 2. The van der Waals surface area contributed by atoms with Crippen LogP contribution < -0.4 is 10.2 Å². The summed E-state index contributed by atoms with van der Waals surface area (Å²) < 4.78 is 17.8. The Balaban J connectivity index is 1.32. The number of hydrogen-bond donors (Lipinski definition) is 9. The fourth-order valence-corrected chi connectivity index (χ4v) is 7.10. The Morgan fingerprint density at radius 1 is 1.00 bits per heavy atom. The minimum atomic E-state index is -2.78. The van der Waals surface area contributed by atoms with E-state index in [0.29, 0.717) is 28.2 Å². The van der Waals surface area contributed by atoms with Gasteiger partial charge in [-0.3, -0.25) is 9.59 Å². The number of aliphatic hydroxyl groups is 7. The van der Waals surface area contributed by atoms with Gasteiger partial charge in [0.1, 0.15) is 48.4 Å². The molecule has 11 unspecified atom stereocenters. The van der Waals surface area contributed by atoms with Crippen molar-refractivity contribution >= 4 is 23.5 Å². The molecule has 19 heteroatoms. The van der Waals surface area contributed by atoms with Gasteiger partial charge in [-0.15, -0.1) is 5.10 Å². The second-order valence-corrected chi connectivity index (χ2v) is 13.5. The maximum Gasteiger partial charge on any atom is 0.364 e. The molecule has 3 aliphatic rings. The molecule has 11 atom stereocenters. The molecule has 19 nitrogen and oxygen atoms in total. The van der Waals surface area contributed by atoms with Gasteiger partial charge in [0, 0.05) is 30.9 Å². The molecule has 2 aromatic carbocycles. The van der Waals surface area contributed by atoms with Crippen LogP contribution in [-0.2, 0) is 41.7 Å². The summed E-state index contributed by atoms with van der Waals surface area (Å²) in [6.45, 7) is 1.78. The summed E-state index contributed by atoms with van der Waals surface area (Å²) in [6, 6.07) is 12.9. The molecule has 2 saturated heterocycles. The van der Waals surface area contributed by atoms with Gasteiger partial charge >= 0.3 is 5.97 Å². The third-order valence-electron chi connectivity index (χ3n) is 9.92. The quantitative estimate of drug-likeness (QED) is 0.107. The number of fused-ring (bicyclic) bond motifs is 5. The van der Waals surface area contributed by atoms with Crippen LogP contribution in [0.25, 0.3) is 22.5 Å². The van der Waals surface area contributed by atoms with Gasteiger partial charge in [-0.25, -0.2) is 9.48 Å². The Morgan fingerprint density at radius 2 is 1.69 bits per heavy atom. The Bertz CT molecular complexity index is 1860. The van der Waals surface area contributed by atoms with Crippen molar-refractivity contribution in [1.29, 1.82) is 0 Å². The van der Waals surface area contributed by atoms with E-state index in [9.17, 15) is 55.2 Å². The van der Waals surface area contributed by atoms with Crippen LogP contribution in [0.1, 0.15) is 32.3 Å². The molecule has 2 fully saturated rings. The van der Waals surface area contributed by atoms with Crippen molar-refractivity contribution in [3.63, 3.8) is 0 Å². The lowest BCUT2D eigenvalue weighted by molar-refractivity contribution is -0.334. The first-order valence-corrected chi connectivity index (χ1v) is 17.3. The third kappa shape index (κ3) is 7.35. The van der Waals surface area contributed by atoms with E-state index in [1.54, 1.807) is 48.2 Å². The fourth-order valence-electron chi connectivity index (χ4n) is 7.10. The highest BCUT2D eigenvalue weighted by Crippen LogP contribution is 2.41. The standard InChI is InChI=1S/C35H43N5O14/c1-3-24(44)39-13-17-8-4-5-9-18(17)27-25(19-10-6-7-11-20(19)39)37-38-40(27)14-22(43)28(45)32-26(36-16(2)41)21(42)12-35(54-32,34(50)51)52-15-23-29(46)30(47)31(48)33(49)53-23/h4-11,21-23,26,28-33,42-43,45-49H,3,12-15H2,1-2H3,(H,36,41)(H,50,51). The average molecular weight is 758 g/mol. The highest BCUT2D eigenvalue weighted by Gasteiger charge is 2.57. The molecule has 0 spiro atoms. The summed E-state index contributed by atoms with van der Waals surface area (Å²) in [4.78, 5) is 39.7. The van der Waals surface area contributed by atoms with E-state index in [1.807, 2.05) is 12.1 Å². The van der Waals surface area contributed by atoms with Crippen LogP contribution in [0.15, 0.2) is 48.5 Å². The summed E-state index contributed by atoms with van der Waals surface area (Å²) in [5.41, 5.74) is 3.37. The number of nitrogens with zero attached hydrogens (tertiary/aromatic N) is 4. The van der Waals surface area contributed by atoms with Crippen LogP contribution in [0.5, 0.6) is 0 Å². The van der Waals surface area contributed by atoms with Crippen LogP contribution in [-0.4, -0.2) is 147 Å². The van der Waals surface area contributed by atoms with Crippen molar-refractivity contribution in [2.24, 2.45) is 0 Å². The first-order chi connectivity index (χ1) is 25.7. The molecule has 0 saturated carbocycles. The molecule has 6 rings (SSSR count). The zero-order valence-corrected chi connectivity index (χ0v) is 29.2. The fraction of sp³-hybridized carbons (Fsp3) is 0.514. The van der Waals surface area contributed by atoms with Crippen molar-refractivity contribution in [2.75, 3.05) is 11.5 Å². The predicted molar refractivity (Wildman–Crippen MR) is 183 cm³/mol. The Morgan fingerprint density at radius 3 is 2.37 bits per heavy atom. The number of carboxylic acids is 1. The van der Waals surface area contributed by atoms with Gasteiger partial charge in [-0.2, -0.15) is 0 Å². The van der Waals surface area contributed by atoms with Crippen molar-refractivity contribution in [2.45, 2.75) is 107 Å². The van der Waals surface area contributed by atoms with E-state index in [-0.39, 0.29) is 18.9 Å². The van der Waals surface area contributed by atoms with Gasteiger partial charge in [-0.1, -0.05) is 54.6 Å². The van der Waals surface area contributed by atoms with E-state index in [0.717, 1.165) is 12.5 Å². The lowest BCUT2D eigenvalue weighted by Gasteiger charge is -2.47. The summed E-state index contributed by atoms with van der Waals surface area (Å²) >= 11 is 0. The highest BCUT2D eigenvalue weighted by atomic mass is 16.7. The van der Waals surface area contributed by atoms with Crippen LogP contribution in [0.3, 0.4) is 0 Å². The number of amides is 2. The highest BCUT2D eigenvalue weighted by molar-refractivity contribution is 6.00. The second kappa shape index (κ2) is 15.7. The molecule has 0 radical (unpaired) electrons. The van der Waals surface area contributed by atoms with Gasteiger partial charge in [0.05, 0.1) is 43.2 Å². The van der Waals surface area contributed by atoms with Crippen molar-refractivity contribution < 1.29 is 69.4 Å². The van der Waals surface area contributed by atoms with Crippen LogP contribution in [0.4, 0.5) is 5.69 Å². The lowest BCUT2D eigenvalue weighted by Crippen LogP contribution is -2.68. The number of ether oxygens (including phenoxy) is 3. The summed E-state index contributed by atoms with van der Waals surface area (Å²) in [7, 11) is 0. The zero-order chi connectivity index (χ0) is 39.1. The molecule has 3 aliphatic heterocycles. The van der Waals surface area contributed by atoms with E-state index in [1.165, 1.54) is 4.68 Å². The van der Waals surface area contributed by atoms with E-state index in [2.05, 4.69) is 15.6 Å². The normalized spacial score (nSPS) is 30.5. The number of para-hydroxylation sites is 1. The number of anilines is 1. The number of benzene rings is 2.